The quantitative estimate of drug-likeness (QED) is 0.669. The van der Waals surface area contributed by atoms with Crippen LogP contribution in [-0.2, 0) is 11.8 Å². The second-order valence-electron chi connectivity index (χ2n) is 9.34. The first-order valence-corrected chi connectivity index (χ1v) is 11.7. The zero-order valence-corrected chi connectivity index (χ0v) is 20.0. The number of nitrogens with zero attached hydrogens (tertiary/aromatic N) is 5. The number of hydrogen-bond acceptors (Lipinski definition) is 6. The number of likely N-dealkylation sites (tertiary alicyclic amines) is 1. The predicted molar refractivity (Wildman–Crippen MR) is 120 cm³/mol. The fourth-order valence-electron chi connectivity index (χ4n) is 4.65. The number of hydrogen-bond donors (Lipinski definition) is 0. The molecule has 2 saturated heterocycles. The first kappa shape index (κ1) is 21.9. The lowest BCUT2D eigenvalue weighted by Crippen LogP contribution is -2.53. The highest BCUT2D eigenvalue weighted by molar-refractivity contribution is 8.00. The zero-order chi connectivity index (χ0) is 22.5. The van der Waals surface area contributed by atoms with Crippen LogP contribution >= 0.6 is 11.8 Å². The molecule has 0 N–H and O–H groups in total. The average Bonchev–Trinajstić information content (AvgIpc) is 3.15. The van der Waals surface area contributed by atoms with Crippen LogP contribution in [0.2, 0.25) is 0 Å². The van der Waals surface area contributed by atoms with Crippen LogP contribution in [0.25, 0.3) is 11.0 Å². The Morgan fingerprint density at radius 2 is 1.97 bits per heavy atom. The van der Waals surface area contributed by atoms with Crippen LogP contribution in [0.4, 0.5) is 4.79 Å². The molecule has 2 aromatic heterocycles. The van der Waals surface area contributed by atoms with Crippen LogP contribution in [0.3, 0.4) is 0 Å². The van der Waals surface area contributed by atoms with Crippen molar-refractivity contribution in [1.29, 1.82) is 0 Å². The first-order chi connectivity index (χ1) is 14.6. The third kappa shape index (κ3) is 3.88. The molecule has 4 rings (SSSR count). The van der Waals surface area contributed by atoms with E-state index < -0.39 is 0 Å². The van der Waals surface area contributed by atoms with E-state index in [1.54, 1.807) is 22.6 Å². The van der Waals surface area contributed by atoms with Crippen molar-refractivity contribution in [3.05, 3.63) is 17.5 Å². The molecular formula is C22H31N5O3S. The molecule has 2 aliphatic rings. The van der Waals surface area contributed by atoms with Gasteiger partial charge in [-0.1, -0.05) is 13.8 Å². The summed E-state index contributed by atoms with van der Waals surface area (Å²) < 4.78 is 7.04. The van der Waals surface area contributed by atoms with E-state index in [-0.39, 0.29) is 23.6 Å². The van der Waals surface area contributed by atoms with Crippen LogP contribution in [-0.4, -0.2) is 73.1 Å². The van der Waals surface area contributed by atoms with Gasteiger partial charge in [-0.2, -0.15) is 5.10 Å². The van der Waals surface area contributed by atoms with Gasteiger partial charge in [-0.15, -0.1) is 11.8 Å². The van der Waals surface area contributed by atoms with Crippen LogP contribution in [0, 0.1) is 6.92 Å². The van der Waals surface area contributed by atoms with Crippen molar-refractivity contribution >= 4 is 34.8 Å². The largest absolute Gasteiger partial charge is 0.447 e. The highest BCUT2D eigenvalue weighted by atomic mass is 32.2. The normalized spacial score (nSPS) is 19.5. The summed E-state index contributed by atoms with van der Waals surface area (Å²) in [5.74, 6) is 0.00233. The fraction of sp³-hybridized carbons (Fsp3) is 0.636. The summed E-state index contributed by atoms with van der Waals surface area (Å²) in [4.78, 5) is 35.0. The molecule has 0 saturated carbocycles. The van der Waals surface area contributed by atoms with Crippen LogP contribution in [0.15, 0.2) is 11.1 Å². The Balaban J connectivity index is 1.58. The summed E-state index contributed by atoms with van der Waals surface area (Å²) in [6, 6.07) is 0.0970. The molecule has 2 fully saturated rings. The highest BCUT2D eigenvalue weighted by Crippen LogP contribution is 2.36. The summed E-state index contributed by atoms with van der Waals surface area (Å²) >= 11 is 1.69. The molecule has 2 aromatic rings. The number of carbonyl (C=O) groups is 2. The number of carbonyl (C=O) groups excluding carboxylic acids is 2. The second-order valence-corrected chi connectivity index (χ2v) is 10.9. The van der Waals surface area contributed by atoms with Gasteiger partial charge in [0, 0.05) is 42.5 Å². The molecule has 4 heterocycles. The minimum Gasteiger partial charge on any atom is -0.447 e. The maximum absolute atomic E-state index is 13.5. The van der Waals surface area contributed by atoms with E-state index in [9.17, 15) is 9.59 Å². The van der Waals surface area contributed by atoms with Crippen molar-refractivity contribution in [2.75, 3.05) is 19.7 Å². The summed E-state index contributed by atoms with van der Waals surface area (Å²) in [6.45, 7) is 11.9. The van der Waals surface area contributed by atoms with E-state index in [0.717, 1.165) is 34.5 Å². The Morgan fingerprint density at radius 3 is 2.55 bits per heavy atom. The van der Waals surface area contributed by atoms with Gasteiger partial charge in [-0.3, -0.25) is 14.4 Å². The van der Waals surface area contributed by atoms with Crippen molar-refractivity contribution < 1.29 is 14.3 Å². The van der Waals surface area contributed by atoms with E-state index in [4.69, 9.17) is 4.74 Å². The van der Waals surface area contributed by atoms with E-state index in [0.29, 0.717) is 30.5 Å². The number of ether oxygens (including phenoxy) is 1. The van der Waals surface area contributed by atoms with Gasteiger partial charge in [0.1, 0.15) is 6.61 Å². The molecule has 0 aromatic carbocycles. The maximum Gasteiger partial charge on any atom is 0.410 e. The molecule has 2 aliphatic heterocycles. The van der Waals surface area contributed by atoms with Crippen LogP contribution < -0.4 is 0 Å². The summed E-state index contributed by atoms with van der Waals surface area (Å²) in [5.41, 5.74) is 2.02. The monoisotopic (exact) mass is 445 g/mol. The molecular weight excluding hydrogens is 414 g/mol. The summed E-state index contributed by atoms with van der Waals surface area (Å²) in [6.07, 6.45) is 2.95. The Bertz CT molecular complexity index is 1020. The molecule has 0 unspecified atom stereocenters. The van der Waals surface area contributed by atoms with Crippen molar-refractivity contribution in [3.8, 4) is 0 Å². The smallest absolute Gasteiger partial charge is 0.410 e. The van der Waals surface area contributed by atoms with E-state index in [1.165, 1.54) is 0 Å². The lowest BCUT2D eigenvalue weighted by molar-refractivity contribution is 0.0586. The molecule has 168 valence electrons. The van der Waals surface area contributed by atoms with Crippen molar-refractivity contribution in [2.45, 2.75) is 69.2 Å². The fourth-order valence-corrected chi connectivity index (χ4v) is 5.75. The standard InChI is InChI=1S/C22H31N5O3S/c1-13(2)31-18-16(11-23-19-17(18)14(3)24-25(19)6)20(28)26-9-7-15(8-10-26)27-21(29)30-12-22(27,4)5/h11,13,15H,7-10,12H2,1-6H3. The van der Waals surface area contributed by atoms with Gasteiger partial charge in [-0.05, 0) is 33.6 Å². The zero-order valence-electron chi connectivity index (χ0n) is 19.1. The highest BCUT2D eigenvalue weighted by Gasteiger charge is 2.45. The topological polar surface area (TPSA) is 80.6 Å². The lowest BCUT2D eigenvalue weighted by Gasteiger charge is -2.40. The minimum absolute atomic E-state index is 0.00233. The number of pyridine rings is 1. The summed E-state index contributed by atoms with van der Waals surface area (Å²) in [7, 11) is 1.88. The third-order valence-electron chi connectivity index (χ3n) is 6.08. The first-order valence-electron chi connectivity index (χ1n) is 10.8. The SMILES string of the molecule is Cc1nn(C)c2ncc(C(=O)N3CCC(N4C(=O)OCC4(C)C)CC3)c(SC(C)C)c12. The van der Waals surface area contributed by atoms with Crippen LogP contribution in [0.5, 0.6) is 0 Å². The van der Waals surface area contributed by atoms with Crippen LogP contribution in [0.1, 0.15) is 56.6 Å². The minimum atomic E-state index is -0.304. The predicted octanol–water partition coefficient (Wildman–Crippen LogP) is 3.61. The van der Waals surface area contributed by atoms with Crippen molar-refractivity contribution in [3.63, 3.8) is 0 Å². The molecule has 9 heteroatoms. The van der Waals surface area contributed by atoms with Crippen molar-refractivity contribution in [1.82, 2.24) is 24.6 Å². The number of aryl methyl sites for hydroxylation is 2. The number of fused-ring (bicyclic) bond motifs is 1. The second kappa shape index (κ2) is 8.00. The number of cyclic esters (lactones) is 1. The van der Waals surface area contributed by atoms with Gasteiger partial charge in [0.25, 0.3) is 5.91 Å². The molecule has 0 atom stereocenters. The molecule has 0 spiro atoms. The van der Waals surface area contributed by atoms with Gasteiger partial charge in [0.15, 0.2) is 5.65 Å². The number of amides is 2. The molecule has 31 heavy (non-hydrogen) atoms. The van der Waals surface area contributed by atoms with E-state index in [1.807, 2.05) is 37.6 Å². The number of rotatable bonds is 4. The maximum atomic E-state index is 13.5. The molecule has 0 aliphatic carbocycles. The number of aromatic nitrogens is 3. The Labute approximate surface area is 187 Å². The molecule has 8 nitrogen and oxygen atoms in total. The Hall–Kier alpha value is -2.29. The number of piperidine rings is 1. The van der Waals surface area contributed by atoms with Gasteiger partial charge >= 0.3 is 6.09 Å². The molecule has 2 amide bonds. The van der Waals surface area contributed by atoms with Gasteiger partial charge in [0.2, 0.25) is 0 Å². The summed E-state index contributed by atoms with van der Waals surface area (Å²) in [5, 5.41) is 5.80. The third-order valence-corrected chi connectivity index (χ3v) is 7.21. The van der Waals surface area contributed by atoms with E-state index in [2.05, 4.69) is 23.9 Å². The van der Waals surface area contributed by atoms with E-state index >= 15 is 0 Å². The molecule has 0 radical (unpaired) electrons. The van der Waals surface area contributed by atoms with Gasteiger partial charge in [-0.25, -0.2) is 9.78 Å². The van der Waals surface area contributed by atoms with Crippen molar-refractivity contribution in [2.24, 2.45) is 7.05 Å². The lowest BCUT2D eigenvalue weighted by atomic mass is 9.96. The Kier molecular flexibility index (Phi) is 5.66. The Morgan fingerprint density at radius 1 is 1.29 bits per heavy atom. The average molecular weight is 446 g/mol. The molecule has 0 bridgehead atoms. The number of thioether (sulfide) groups is 1. The van der Waals surface area contributed by atoms with Gasteiger partial charge < -0.3 is 9.64 Å². The van der Waals surface area contributed by atoms with Gasteiger partial charge in [0.05, 0.1) is 22.2 Å².